The molecule has 2 aromatic heterocycles. The predicted octanol–water partition coefficient (Wildman–Crippen LogP) is 2.29. The molecule has 0 aliphatic carbocycles. The Morgan fingerprint density at radius 3 is 2.24 bits per heavy atom. The maximum atomic E-state index is 5.51. The van der Waals surface area contributed by atoms with Gasteiger partial charge in [-0.15, -0.1) is 0 Å². The molecule has 0 atom stereocenters. The number of fused-ring (bicyclic) bond motifs is 1. The van der Waals surface area contributed by atoms with Crippen LogP contribution in [0, 0.1) is 0 Å². The molecule has 0 radical (unpaired) electrons. The zero-order valence-corrected chi connectivity index (χ0v) is 9.19. The van der Waals surface area contributed by atoms with Crippen molar-refractivity contribution in [3.05, 3.63) is 61.2 Å². The van der Waals surface area contributed by atoms with Gasteiger partial charge in [0.1, 0.15) is 12.1 Å². The summed E-state index contributed by atoms with van der Waals surface area (Å²) in [6, 6.07) is 13.5. The van der Waals surface area contributed by atoms with Crippen molar-refractivity contribution in [3.8, 4) is 0 Å². The first-order chi connectivity index (χ1) is 8.36. The Hall–Kier alpha value is -2.49. The Morgan fingerprint density at radius 1 is 0.824 bits per heavy atom. The number of para-hydroxylation sites is 1. The fourth-order valence-electron chi connectivity index (χ4n) is 1.34. The van der Waals surface area contributed by atoms with Gasteiger partial charge in [-0.05, 0) is 24.3 Å². The van der Waals surface area contributed by atoms with Crippen LogP contribution in [0.25, 0.3) is 10.9 Å². The van der Waals surface area contributed by atoms with Crippen molar-refractivity contribution in [1.82, 2.24) is 15.0 Å². The van der Waals surface area contributed by atoms with Gasteiger partial charge >= 0.3 is 0 Å². The predicted molar refractivity (Wildman–Crippen MR) is 68.2 cm³/mol. The average Bonchev–Trinajstić information content (AvgIpc) is 2.41. The molecule has 0 aliphatic rings. The molecule has 2 heterocycles. The molecule has 1 aromatic carbocycles. The molecule has 0 bridgehead atoms. The first kappa shape index (κ1) is 11.0. The van der Waals surface area contributed by atoms with Crippen LogP contribution in [0.2, 0.25) is 0 Å². The van der Waals surface area contributed by atoms with E-state index >= 15 is 0 Å². The van der Waals surface area contributed by atoms with Gasteiger partial charge in [-0.3, -0.25) is 0 Å². The molecule has 0 unspecified atom stereocenters. The number of hydrogen-bond donors (Lipinski definition) is 1. The normalized spacial score (nSPS) is 9.41. The Balaban J connectivity index is 0.000000153. The summed E-state index contributed by atoms with van der Waals surface area (Å²) in [6.07, 6.45) is 4.88. The smallest absolute Gasteiger partial charge is 0.124 e. The summed E-state index contributed by atoms with van der Waals surface area (Å²) in [5, 5.41) is 1.13. The van der Waals surface area contributed by atoms with Crippen LogP contribution in [0.5, 0.6) is 0 Å². The maximum Gasteiger partial charge on any atom is 0.124 e. The van der Waals surface area contributed by atoms with Gasteiger partial charge in [0.2, 0.25) is 0 Å². The lowest BCUT2D eigenvalue weighted by Gasteiger charge is -1.95. The van der Waals surface area contributed by atoms with E-state index in [-0.39, 0.29) is 0 Å². The van der Waals surface area contributed by atoms with Crippen LogP contribution in [0.1, 0.15) is 0 Å². The summed E-state index contributed by atoms with van der Waals surface area (Å²) in [5.41, 5.74) is 6.46. The number of nitrogen functional groups attached to an aromatic ring is 1. The van der Waals surface area contributed by atoms with Crippen molar-refractivity contribution in [2.24, 2.45) is 0 Å². The van der Waals surface area contributed by atoms with E-state index in [4.69, 9.17) is 5.73 Å². The van der Waals surface area contributed by atoms with Crippen LogP contribution in [-0.2, 0) is 0 Å². The van der Waals surface area contributed by atoms with Gasteiger partial charge in [0.15, 0.2) is 0 Å². The van der Waals surface area contributed by atoms with E-state index in [0.29, 0.717) is 5.82 Å². The molecule has 17 heavy (non-hydrogen) atoms. The van der Waals surface area contributed by atoms with E-state index in [9.17, 15) is 0 Å². The van der Waals surface area contributed by atoms with E-state index in [1.54, 1.807) is 18.5 Å². The quantitative estimate of drug-likeness (QED) is 0.636. The first-order valence-electron chi connectivity index (χ1n) is 5.17. The SMILES string of the molecule is Nc1ccc2ccccc2n1.c1cncnc1. The molecule has 4 nitrogen and oxygen atoms in total. The van der Waals surface area contributed by atoms with Gasteiger partial charge in [0.05, 0.1) is 5.52 Å². The minimum absolute atomic E-state index is 0.573. The van der Waals surface area contributed by atoms with Crippen molar-refractivity contribution in [2.75, 3.05) is 5.73 Å². The van der Waals surface area contributed by atoms with Crippen molar-refractivity contribution in [2.45, 2.75) is 0 Å². The van der Waals surface area contributed by atoms with Gasteiger partial charge in [0, 0.05) is 17.8 Å². The van der Waals surface area contributed by atoms with Gasteiger partial charge in [-0.25, -0.2) is 15.0 Å². The Morgan fingerprint density at radius 2 is 1.59 bits per heavy atom. The molecular formula is C13H12N4. The third-order valence-corrected chi connectivity index (χ3v) is 2.10. The largest absolute Gasteiger partial charge is 0.384 e. The summed E-state index contributed by atoms with van der Waals surface area (Å²) in [5.74, 6) is 0.573. The summed E-state index contributed by atoms with van der Waals surface area (Å²) < 4.78 is 0. The van der Waals surface area contributed by atoms with Gasteiger partial charge in [-0.1, -0.05) is 18.2 Å². The van der Waals surface area contributed by atoms with Crippen LogP contribution in [0.15, 0.2) is 61.2 Å². The number of nitrogens with zero attached hydrogens (tertiary/aromatic N) is 3. The lowest BCUT2D eigenvalue weighted by Crippen LogP contribution is -1.88. The van der Waals surface area contributed by atoms with Gasteiger partial charge in [0.25, 0.3) is 0 Å². The van der Waals surface area contributed by atoms with E-state index in [2.05, 4.69) is 15.0 Å². The Bertz CT molecular complexity index is 554. The van der Waals surface area contributed by atoms with Crippen LogP contribution in [-0.4, -0.2) is 15.0 Å². The average molecular weight is 224 g/mol. The topological polar surface area (TPSA) is 64.7 Å². The number of rotatable bonds is 0. The molecule has 0 amide bonds. The van der Waals surface area contributed by atoms with Gasteiger partial charge in [-0.2, -0.15) is 0 Å². The van der Waals surface area contributed by atoms with E-state index in [1.165, 1.54) is 6.33 Å². The molecule has 2 N–H and O–H groups in total. The monoisotopic (exact) mass is 224 g/mol. The second kappa shape index (κ2) is 5.55. The lowest BCUT2D eigenvalue weighted by atomic mass is 10.2. The van der Waals surface area contributed by atoms with Gasteiger partial charge < -0.3 is 5.73 Å². The Kier molecular flexibility index (Phi) is 3.60. The van der Waals surface area contributed by atoms with Crippen molar-refractivity contribution in [3.63, 3.8) is 0 Å². The number of nitrogens with two attached hydrogens (primary N) is 1. The second-order valence-corrected chi connectivity index (χ2v) is 3.33. The fourth-order valence-corrected chi connectivity index (χ4v) is 1.34. The molecular weight excluding hydrogens is 212 g/mol. The summed E-state index contributed by atoms with van der Waals surface area (Å²) >= 11 is 0. The third kappa shape index (κ3) is 3.24. The minimum atomic E-state index is 0.573. The molecule has 0 spiro atoms. The molecule has 0 aliphatic heterocycles. The highest BCUT2D eigenvalue weighted by Crippen LogP contribution is 2.11. The van der Waals surface area contributed by atoms with Crippen LogP contribution >= 0.6 is 0 Å². The first-order valence-corrected chi connectivity index (χ1v) is 5.17. The molecule has 4 heteroatoms. The lowest BCUT2D eigenvalue weighted by molar-refractivity contribution is 1.17. The zero-order valence-electron chi connectivity index (χ0n) is 9.19. The van der Waals surface area contributed by atoms with Crippen molar-refractivity contribution in [1.29, 1.82) is 0 Å². The molecule has 0 fully saturated rings. The van der Waals surface area contributed by atoms with E-state index in [0.717, 1.165) is 10.9 Å². The second-order valence-electron chi connectivity index (χ2n) is 3.33. The molecule has 3 rings (SSSR count). The maximum absolute atomic E-state index is 5.51. The number of benzene rings is 1. The third-order valence-electron chi connectivity index (χ3n) is 2.10. The number of hydrogen-bond acceptors (Lipinski definition) is 4. The van der Waals surface area contributed by atoms with E-state index in [1.807, 2.05) is 36.4 Å². The fraction of sp³-hybridized carbons (Fsp3) is 0. The van der Waals surface area contributed by atoms with E-state index < -0.39 is 0 Å². The highest BCUT2D eigenvalue weighted by molar-refractivity contribution is 5.79. The standard InChI is InChI=1S/C9H8N2.C4H4N2/c10-9-6-5-7-3-1-2-4-8(7)11-9;1-2-5-4-6-3-1/h1-6H,(H2,10,11);1-4H. The number of anilines is 1. The summed E-state index contributed by atoms with van der Waals surface area (Å²) in [6.45, 7) is 0. The van der Waals surface area contributed by atoms with Crippen LogP contribution in [0.3, 0.4) is 0 Å². The molecule has 84 valence electrons. The van der Waals surface area contributed by atoms with Crippen molar-refractivity contribution >= 4 is 16.7 Å². The molecule has 0 saturated carbocycles. The zero-order chi connectivity index (χ0) is 11.9. The minimum Gasteiger partial charge on any atom is -0.384 e. The van der Waals surface area contributed by atoms with Crippen molar-refractivity contribution < 1.29 is 0 Å². The number of aromatic nitrogens is 3. The molecule has 0 saturated heterocycles. The van der Waals surface area contributed by atoms with Crippen LogP contribution < -0.4 is 5.73 Å². The highest BCUT2D eigenvalue weighted by Gasteiger charge is 1.91. The summed E-state index contributed by atoms with van der Waals surface area (Å²) in [7, 11) is 0. The van der Waals surface area contributed by atoms with Crippen LogP contribution in [0.4, 0.5) is 5.82 Å². The highest BCUT2D eigenvalue weighted by atomic mass is 14.8. The Labute approximate surface area is 99.2 Å². The number of pyridine rings is 1. The summed E-state index contributed by atoms with van der Waals surface area (Å²) in [4.78, 5) is 11.5. The molecule has 3 aromatic rings.